The lowest BCUT2D eigenvalue weighted by atomic mass is 10.1. The molecule has 0 radical (unpaired) electrons. The fourth-order valence-corrected chi connectivity index (χ4v) is 3.83. The van der Waals surface area contributed by atoms with E-state index in [4.69, 9.17) is 20.2 Å². The van der Waals surface area contributed by atoms with E-state index in [2.05, 4.69) is 15.4 Å². The van der Waals surface area contributed by atoms with E-state index in [1.807, 2.05) is 12.1 Å². The molecule has 11 heteroatoms. The molecule has 0 aliphatic rings. The van der Waals surface area contributed by atoms with E-state index in [1.54, 1.807) is 42.5 Å². The summed E-state index contributed by atoms with van der Waals surface area (Å²) in [5, 5.41) is 17.7. The highest BCUT2D eigenvalue weighted by molar-refractivity contribution is 5.96. The molecular weight excluding hydrogens is 464 g/mol. The molecule has 0 unspecified atom stereocenters. The quantitative estimate of drug-likeness (QED) is 0.185. The van der Waals surface area contributed by atoms with Gasteiger partial charge in [0.25, 0.3) is 0 Å². The molecule has 5 rings (SSSR count). The van der Waals surface area contributed by atoms with Gasteiger partial charge in [-0.15, -0.1) is 0 Å². The molecule has 0 aliphatic heterocycles. The predicted octanol–water partition coefficient (Wildman–Crippen LogP) is 4.43. The molecule has 0 atom stereocenters. The molecular formula is C25H20N6O5. The Morgan fingerprint density at radius 1 is 1.06 bits per heavy atom. The van der Waals surface area contributed by atoms with Crippen LogP contribution in [0.15, 0.2) is 60.8 Å². The van der Waals surface area contributed by atoms with Crippen LogP contribution in [0.5, 0.6) is 11.5 Å². The zero-order valence-corrected chi connectivity index (χ0v) is 19.2. The molecule has 0 bridgehead atoms. The van der Waals surface area contributed by atoms with Crippen molar-refractivity contribution < 1.29 is 24.2 Å². The van der Waals surface area contributed by atoms with E-state index in [0.717, 1.165) is 4.68 Å². The molecule has 3 aromatic carbocycles. The van der Waals surface area contributed by atoms with E-state index in [-0.39, 0.29) is 5.75 Å². The van der Waals surface area contributed by atoms with Gasteiger partial charge < -0.3 is 25.6 Å². The monoisotopic (exact) mass is 484 g/mol. The van der Waals surface area contributed by atoms with Gasteiger partial charge in [-0.2, -0.15) is 9.78 Å². The maximum Gasteiger partial charge on any atom is 0.432 e. The number of ether oxygens (including phenoxy) is 2. The number of nitrogens with two attached hydrogens (primary N) is 1. The summed E-state index contributed by atoms with van der Waals surface area (Å²) in [6.45, 7) is 1.30. The number of carbonyl (C=O) groups excluding carboxylic acids is 1. The van der Waals surface area contributed by atoms with Gasteiger partial charge in [0.1, 0.15) is 5.82 Å². The number of anilines is 3. The third-order valence-corrected chi connectivity index (χ3v) is 5.39. The van der Waals surface area contributed by atoms with Crippen molar-refractivity contribution in [1.82, 2.24) is 19.7 Å². The van der Waals surface area contributed by atoms with Crippen LogP contribution >= 0.6 is 0 Å². The molecule has 4 N–H and O–H groups in total. The lowest BCUT2D eigenvalue weighted by Gasteiger charge is -2.14. The number of benzene rings is 3. The fraction of sp³-hybridized carbons (Fsp3) is 0.0800. The lowest BCUT2D eigenvalue weighted by Crippen LogP contribution is -2.08. The Balaban J connectivity index is 1.68. The molecule has 0 saturated heterocycles. The molecule has 11 nitrogen and oxygen atoms in total. The van der Waals surface area contributed by atoms with Crippen LogP contribution < -0.4 is 20.5 Å². The van der Waals surface area contributed by atoms with E-state index < -0.39 is 12.1 Å². The van der Waals surface area contributed by atoms with Crippen LogP contribution in [0.4, 0.5) is 22.0 Å². The van der Waals surface area contributed by atoms with Crippen LogP contribution in [-0.2, 0) is 4.79 Å². The fourth-order valence-electron chi connectivity index (χ4n) is 3.83. The first-order chi connectivity index (χ1) is 17.3. The normalized spacial score (nSPS) is 10.9. The molecule has 2 aromatic heterocycles. The Bertz CT molecular complexity index is 1660. The third kappa shape index (κ3) is 4.20. The Kier molecular flexibility index (Phi) is 5.57. The van der Waals surface area contributed by atoms with Crippen molar-refractivity contribution in [2.45, 2.75) is 6.92 Å². The van der Waals surface area contributed by atoms with Gasteiger partial charge in [0, 0.05) is 40.7 Å². The lowest BCUT2D eigenvalue weighted by molar-refractivity contribution is -0.132. The Hall–Kier alpha value is -5.19. The van der Waals surface area contributed by atoms with Crippen molar-refractivity contribution in [3.05, 3.63) is 60.8 Å². The number of esters is 1. The molecule has 0 spiro atoms. The number of hydrogen-bond acceptors (Lipinski definition) is 9. The number of nitrogens with one attached hydrogen (secondary N) is 1. The molecule has 180 valence electrons. The van der Waals surface area contributed by atoms with Crippen LogP contribution in [0.25, 0.3) is 33.2 Å². The SMILES string of the molecule is COc1cc2nc(-c3cccc(N)c3)nc(Nc3ccc4c(cnn4C(=O)O)c3)c2cc1OC(C)=O. The summed E-state index contributed by atoms with van der Waals surface area (Å²) in [6, 6.07) is 15.6. The minimum Gasteiger partial charge on any atom is -0.493 e. The zero-order chi connectivity index (χ0) is 25.4. The average Bonchev–Trinajstić information content (AvgIpc) is 3.27. The first-order valence-electron chi connectivity index (χ1n) is 10.7. The van der Waals surface area contributed by atoms with Crippen LogP contribution in [-0.4, -0.2) is 44.0 Å². The number of carboxylic acid groups (broad SMARTS) is 1. The highest BCUT2D eigenvalue weighted by Gasteiger charge is 2.17. The van der Waals surface area contributed by atoms with Crippen LogP contribution in [0.2, 0.25) is 0 Å². The summed E-state index contributed by atoms with van der Waals surface area (Å²) >= 11 is 0. The van der Waals surface area contributed by atoms with Gasteiger partial charge in [-0.3, -0.25) is 4.79 Å². The van der Waals surface area contributed by atoms with E-state index in [0.29, 0.717) is 56.1 Å². The minimum atomic E-state index is -1.17. The standard InChI is InChI=1S/C25H20N6O5/c1-13(32)36-22-10-18-19(11-21(22)35-2)29-23(14-4-3-5-16(26)8-14)30-24(18)28-17-6-7-20-15(9-17)12-27-31(20)25(33)34/h3-12H,26H2,1-2H3,(H,33,34)(H,28,29,30). The maximum atomic E-state index is 11.7. The minimum absolute atomic E-state index is 0.221. The highest BCUT2D eigenvalue weighted by atomic mass is 16.6. The van der Waals surface area contributed by atoms with Crippen LogP contribution in [0, 0.1) is 0 Å². The summed E-state index contributed by atoms with van der Waals surface area (Å²) in [5.41, 5.74) is 8.86. The van der Waals surface area contributed by atoms with Crippen molar-refractivity contribution in [2.24, 2.45) is 0 Å². The summed E-state index contributed by atoms with van der Waals surface area (Å²) < 4.78 is 11.6. The first-order valence-corrected chi connectivity index (χ1v) is 10.7. The molecule has 5 aromatic rings. The predicted molar refractivity (Wildman–Crippen MR) is 134 cm³/mol. The van der Waals surface area contributed by atoms with Gasteiger partial charge in [-0.1, -0.05) is 12.1 Å². The van der Waals surface area contributed by atoms with Crippen molar-refractivity contribution in [3.63, 3.8) is 0 Å². The van der Waals surface area contributed by atoms with Crippen molar-refractivity contribution in [1.29, 1.82) is 0 Å². The Morgan fingerprint density at radius 3 is 2.61 bits per heavy atom. The highest BCUT2D eigenvalue weighted by Crippen LogP contribution is 2.37. The van der Waals surface area contributed by atoms with Gasteiger partial charge in [0.15, 0.2) is 17.3 Å². The average molecular weight is 484 g/mol. The smallest absolute Gasteiger partial charge is 0.432 e. The number of carbonyl (C=O) groups is 2. The summed E-state index contributed by atoms with van der Waals surface area (Å²) in [7, 11) is 1.47. The summed E-state index contributed by atoms with van der Waals surface area (Å²) in [4.78, 5) is 32.4. The molecule has 0 fully saturated rings. The third-order valence-electron chi connectivity index (χ3n) is 5.39. The Labute approximate surface area is 204 Å². The van der Waals surface area contributed by atoms with Gasteiger partial charge in [-0.05, 0) is 36.4 Å². The van der Waals surface area contributed by atoms with Gasteiger partial charge in [-0.25, -0.2) is 14.8 Å². The first kappa shape index (κ1) is 22.6. The Morgan fingerprint density at radius 2 is 1.89 bits per heavy atom. The number of nitrogens with zero attached hydrogens (tertiary/aromatic N) is 4. The topological polar surface area (TPSA) is 154 Å². The second kappa shape index (κ2) is 8.87. The number of aromatic nitrogens is 4. The van der Waals surface area contributed by atoms with Crippen LogP contribution in [0.1, 0.15) is 6.92 Å². The van der Waals surface area contributed by atoms with Gasteiger partial charge in [0.2, 0.25) is 0 Å². The largest absolute Gasteiger partial charge is 0.493 e. The second-order valence-electron chi connectivity index (χ2n) is 7.87. The molecule has 36 heavy (non-hydrogen) atoms. The van der Waals surface area contributed by atoms with E-state index in [1.165, 1.54) is 20.2 Å². The van der Waals surface area contributed by atoms with Crippen molar-refractivity contribution >= 4 is 51.1 Å². The second-order valence-corrected chi connectivity index (χ2v) is 7.87. The number of nitrogen functional groups attached to an aromatic ring is 1. The van der Waals surface area contributed by atoms with E-state index >= 15 is 0 Å². The summed E-state index contributed by atoms with van der Waals surface area (Å²) in [6.07, 6.45) is 0.292. The molecule has 0 saturated carbocycles. The number of hydrogen-bond donors (Lipinski definition) is 3. The number of methoxy groups -OCH3 is 1. The van der Waals surface area contributed by atoms with E-state index in [9.17, 15) is 14.7 Å². The molecule has 0 aliphatic carbocycles. The summed E-state index contributed by atoms with van der Waals surface area (Å²) in [5.74, 6) is 0.903. The maximum absolute atomic E-state index is 11.7. The van der Waals surface area contributed by atoms with Gasteiger partial charge >= 0.3 is 12.1 Å². The number of rotatable bonds is 5. The van der Waals surface area contributed by atoms with Crippen LogP contribution in [0.3, 0.4) is 0 Å². The molecule has 0 amide bonds. The zero-order valence-electron chi connectivity index (χ0n) is 19.2. The van der Waals surface area contributed by atoms with Crippen molar-refractivity contribution in [3.8, 4) is 22.9 Å². The van der Waals surface area contributed by atoms with Crippen molar-refractivity contribution in [2.75, 3.05) is 18.2 Å². The molecule has 2 heterocycles. The number of fused-ring (bicyclic) bond motifs is 2. The van der Waals surface area contributed by atoms with Gasteiger partial charge in [0.05, 0.1) is 24.3 Å².